The van der Waals surface area contributed by atoms with Crippen LogP contribution in [0.3, 0.4) is 0 Å². The second kappa shape index (κ2) is 7.12. The minimum absolute atomic E-state index is 0.0886. The number of amides is 1. The first-order valence-corrected chi connectivity index (χ1v) is 7.78. The van der Waals surface area contributed by atoms with E-state index in [0.29, 0.717) is 5.16 Å². The lowest BCUT2D eigenvalue weighted by molar-refractivity contribution is -0.113. The van der Waals surface area contributed by atoms with Gasteiger partial charge in [-0.05, 0) is 25.0 Å². The molecular formula is C14H19N5OS. The van der Waals surface area contributed by atoms with Crippen LogP contribution in [0.4, 0.5) is 5.69 Å². The highest BCUT2D eigenvalue weighted by molar-refractivity contribution is 7.99. The molecule has 3 N–H and O–H groups in total. The highest BCUT2D eigenvalue weighted by atomic mass is 32.2. The van der Waals surface area contributed by atoms with Crippen LogP contribution in [0.15, 0.2) is 29.4 Å². The van der Waals surface area contributed by atoms with Crippen LogP contribution in [-0.4, -0.2) is 26.5 Å². The normalized spacial score (nSPS) is 10.6. The van der Waals surface area contributed by atoms with Gasteiger partial charge in [-0.2, -0.15) is 0 Å². The number of rotatable bonds is 6. The third kappa shape index (κ3) is 3.98. The van der Waals surface area contributed by atoms with Crippen LogP contribution < -0.4 is 11.2 Å². The number of carbonyl (C=O) groups excluding carboxylic acids is 1. The van der Waals surface area contributed by atoms with E-state index in [1.54, 1.807) is 0 Å². The molecule has 0 aliphatic rings. The number of para-hydroxylation sites is 1. The summed E-state index contributed by atoms with van der Waals surface area (Å²) in [5.41, 5.74) is 1.85. The van der Waals surface area contributed by atoms with Gasteiger partial charge in [0.2, 0.25) is 11.1 Å². The number of hydrogen-bond acceptors (Lipinski definition) is 5. The molecule has 0 bridgehead atoms. The van der Waals surface area contributed by atoms with Crippen molar-refractivity contribution in [3.8, 4) is 0 Å². The molecule has 6 nitrogen and oxygen atoms in total. The van der Waals surface area contributed by atoms with E-state index < -0.39 is 0 Å². The molecule has 0 saturated heterocycles. The molecule has 112 valence electrons. The second-order valence-corrected chi connectivity index (χ2v) is 5.61. The summed E-state index contributed by atoms with van der Waals surface area (Å²) in [5, 5.41) is 11.4. The van der Waals surface area contributed by atoms with Crippen molar-refractivity contribution in [2.45, 2.75) is 31.8 Å². The Hall–Kier alpha value is -2.02. The molecule has 1 heterocycles. The van der Waals surface area contributed by atoms with E-state index in [1.807, 2.05) is 31.2 Å². The number of hydrogen-bond donors (Lipinski definition) is 2. The van der Waals surface area contributed by atoms with Crippen LogP contribution in [0.1, 0.15) is 24.7 Å². The SMILES string of the molecule is CCCc1nnc(SCC(=O)Nc2ccccc2C)n1N. The Morgan fingerprint density at radius 2 is 2.14 bits per heavy atom. The average molecular weight is 305 g/mol. The highest BCUT2D eigenvalue weighted by Gasteiger charge is 2.12. The van der Waals surface area contributed by atoms with Gasteiger partial charge in [-0.3, -0.25) is 4.79 Å². The fourth-order valence-corrected chi connectivity index (χ4v) is 2.50. The first-order valence-electron chi connectivity index (χ1n) is 6.79. The van der Waals surface area contributed by atoms with Crippen LogP contribution in [0.2, 0.25) is 0 Å². The Balaban J connectivity index is 1.91. The van der Waals surface area contributed by atoms with E-state index in [9.17, 15) is 4.79 Å². The van der Waals surface area contributed by atoms with Crippen LogP contribution in [-0.2, 0) is 11.2 Å². The van der Waals surface area contributed by atoms with E-state index >= 15 is 0 Å². The van der Waals surface area contributed by atoms with E-state index in [-0.39, 0.29) is 11.7 Å². The number of benzene rings is 1. The smallest absolute Gasteiger partial charge is 0.234 e. The molecule has 0 aliphatic heterocycles. The molecule has 1 aromatic carbocycles. The van der Waals surface area contributed by atoms with E-state index in [4.69, 9.17) is 5.84 Å². The molecule has 0 atom stereocenters. The monoisotopic (exact) mass is 305 g/mol. The fraction of sp³-hybridized carbons (Fsp3) is 0.357. The Bertz CT molecular complexity index is 626. The molecule has 0 fully saturated rings. The molecule has 1 amide bonds. The maximum Gasteiger partial charge on any atom is 0.234 e. The van der Waals surface area contributed by atoms with Gasteiger partial charge in [-0.1, -0.05) is 36.9 Å². The predicted octanol–water partition coefficient (Wildman–Crippen LogP) is 1.98. The van der Waals surface area contributed by atoms with Gasteiger partial charge in [0.05, 0.1) is 5.75 Å². The zero-order valence-electron chi connectivity index (χ0n) is 12.2. The first kappa shape index (κ1) is 15.4. The molecular weight excluding hydrogens is 286 g/mol. The van der Waals surface area contributed by atoms with Gasteiger partial charge in [0, 0.05) is 12.1 Å². The van der Waals surface area contributed by atoms with Crippen molar-refractivity contribution in [3.63, 3.8) is 0 Å². The lowest BCUT2D eigenvalue weighted by atomic mass is 10.2. The van der Waals surface area contributed by atoms with Crippen molar-refractivity contribution >= 4 is 23.4 Å². The summed E-state index contributed by atoms with van der Waals surface area (Å²) in [7, 11) is 0. The summed E-state index contributed by atoms with van der Waals surface area (Å²) >= 11 is 1.28. The van der Waals surface area contributed by atoms with Crippen molar-refractivity contribution in [1.29, 1.82) is 0 Å². The zero-order valence-corrected chi connectivity index (χ0v) is 13.0. The fourth-order valence-electron chi connectivity index (χ4n) is 1.83. The summed E-state index contributed by atoms with van der Waals surface area (Å²) in [6.45, 7) is 4.01. The summed E-state index contributed by atoms with van der Waals surface area (Å²) < 4.78 is 1.45. The third-order valence-electron chi connectivity index (χ3n) is 2.96. The van der Waals surface area contributed by atoms with E-state index in [2.05, 4.69) is 22.4 Å². The van der Waals surface area contributed by atoms with Gasteiger partial charge in [0.25, 0.3) is 0 Å². The van der Waals surface area contributed by atoms with Gasteiger partial charge >= 0.3 is 0 Å². The van der Waals surface area contributed by atoms with Crippen molar-refractivity contribution in [2.24, 2.45) is 0 Å². The maximum atomic E-state index is 12.0. The molecule has 0 unspecified atom stereocenters. The number of nitrogens with one attached hydrogen (secondary N) is 1. The Morgan fingerprint density at radius 3 is 2.86 bits per heavy atom. The molecule has 0 spiro atoms. The van der Waals surface area contributed by atoms with Crippen molar-refractivity contribution in [2.75, 3.05) is 16.9 Å². The number of nitrogens with zero attached hydrogens (tertiary/aromatic N) is 3. The number of aryl methyl sites for hydroxylation is 2. The van der Waals surface area contributed by atoms with E-state index in [1.165, 1.54) is 16.4 Å². The predicted molar refractivity (Wildman–Crippen MR) is 84.7 cm³/mol. The lowest BCUT2D eigenvalue weighted by Gasteiger charge is -2.07. The van der Waals surface area contributed by atoms with Crippen molar-refractivity contribution in [3.05, 3.63) is 35.7 Å². The summed E-state index contributed by atoms with van der Waals surface area (Å²) in [6, 6.07) is 7.66. The minimum Gasteiger partial charge on any atom is -0.336 e. The zero-order chi connectivity index (χ0) is 15.2. The largest absolute Gasteiger partial charge is 0.336 e. The Morgan fingerprint density at radius 1 is 1.38 bits per heavy atom. The summed E-state index contributed by atoms with van der Waals surface area (Å²) in [6.07, 6.45) is 1.73. The number of anilines is 1. The number of nitrogens with two attached hydrogens (primary N) is 1. The summed E-state index contributed by atoms with van der Waals surface area (Å²) in [5.74, 6) is 6.78. The van der Waals surface area contributed by atoms with Crippen molar-refractivity contribution < 1.29 is 4.79 Å². The highest BCUT2D eigenvalue weighted by Crippen LogP contribution is 2.17. The van der Waals surface area contributed by atoms with Gasteiger partial charge in [-0.25, -0.2) is 4.68 Å². The molecule has 0 radical (unpaired) electrons. The van der Waals surface area contributed by atoms with E-state index in [0.717, 1.165) is 29.9 Å². The van der Waals surface area contributed by atoms with Crippen LogP contribution in [0.5, 0.6) is 0 Å². The third-order valence-corrected chi connectivity index (χ3v) is 3.90. The number of aromatic nitrogens is 3. The molecule has 1 aromatic heterocycles. The number of nitrogen functional groups attached to an aromatic ring is 1. The summed E-state index contributed by atoms with van der Waals surface area (Å²) in [4.78, 5) is 12.0. The second-order valence-electron chi connectivity index (χ2n) is 4.67. The lowest BCUT2D eigenvalue weighted by Crippen LogP contribution is -2.17. The average Bonchev–Trinajstić information content (AvgIpc) is 2.81. The van der Waals surface area contributed by atoms with Crippen LogP contribution in [0.25, 0.3) is 0 Å². The van der Waals surface area contributed by atoms with Crippen molar-refractivity contribution in [1.82, 2.24) is 14.9 Å². The Labute approximate surface area is 128 Å². The first-order chi connectivity index (χ1) is 10.1. The standard InChI is InChI=1S/C14H19N5OS/c1-3-6-12-17-18-14(19(12)15)21-9-13(20)16-11-8-5-4-7-10(11)2/h4-5,7-8H,3,6,9,15H2,1-2H3,(H,16,20). The van der Waals surface area contributed by atoms with Gasteiger partial charge in [0.15, 0.2) is 5.82 Å². The molecule has 21 heavy (non-hydrogen) atoms. The topological polar surface area (TPSA) is 85.8 Å². The minimum atomic E-state index is -0.0886. The van der Waals surface area contributed by atoms with Gasteiger partial charge in [0.1, 0.15) is 0 Å². The molecule has 2 rings (SSSR count). The molecule has 2 aromatic rings. The quantitative estimate of drug-likeness (QED) is 0.629. The van der Waals surface area contributed by atoms with Gasteiger partial charge in [-0.15, -0.1) is 10.2 Å². The molecule has 0 aliphatic carbocycles. The Kier molecular flexibility index (Phi) is 5.21. The molecule has 0 saturated carbocycles. The number of thioether (sulfide) groups is 1. The number of carbonyl (C=O) groups is 1. The van der Waals surface area contributed by atoms with Crippen LogP contribution in [0, 0.1) is 6.92 Å². The van der Waals surface area contributed by atoms with Crippen LogP contribution >= 0.6 is 11.8 Å². The van der Waals surface area contributed by atoms with Gasteiger partial charge < -0.3 is 11.2 Å². The molecule has 7 heteroatoms. The maximum absolute atomic E-state index is 12.0.